The van der Waals surface area contributed by atoms with E-state index in [9.17, 15) is 9.35 Å². The van der Waals surface area contributed by atoms with Crippen LogP contribution in [0.3, 0.4) is 0 Å². The highest BCUT2D eigenvalue weighted by molar-refractivity contribution is 7.91. The summed E-state index contributed by atoms with van der Waals surface area (Å²) in [5, 5.41) is 4.77. The molecule has 1 aliphatic rings. The second-order valence-corrected chi connectivity index (χ2v) is 14.4. The summed E-state index contributed by atoms with van der Waals surface area (Å²) in [6.45, 7) is 2.28. The van der Waals surface area contributed by atoms with E-state index in [1.807, 2.05) is 78.9 Å². The zero-order valence-electron chi connectivity index (χ0n) is 26.7. The van der Waals surface area contributed by atoms with Crippen molar-refractivity contribution in [1.29, 1.82) is 0 Å². The van der Waals surface area contributed by atoms with Crippen LogP contribution in [0.4, 0.5) is 11.6 Å². The molecule has 0 radical (unpaired) electrons. The molecular formula is C38H33Cl2N5O3S. The van der Waals surface area contributed by atoms with Gasteiger partial charge >= 0.3 is 0 Å². The molecule has 248 valence electrons. The lowest BCUT2D eigenvalue weighted by atomic mass is 10.1. The molecule has 49 heavy (non-hydrogen) atoms. The predicted octanol–water partition coefficient (Wildman–Crippen LogP) is 8.20. The highest BCUT2D eigenvalue weighted by Crippen LogP contribution is 2.31. The van der Waals surface area contributed by atoms with E-state index < -0.39 is 11.2 Å². The number of pyridine rings is 1. The third-order valence-corrected chi connectivity index (χ3v) is 10.5. The van der Waals surface area contributed by atoms with E-state index in [2.05, 4.69) is 22.2 Å². The van der Waals surface area contributed by atoms with Gasteiger partial charge in [-0.2, -0.15) is 4.98 Å². The molecule has 1 fully saturated rings. The van der Waals surface area contributed by atoms with Crippen LogP contribution in [0.15, 0.2) is 124 Å². The zero-order valence-corrected chi connectivity index (χ0v) is 29.0. The number of ether oxygens (including phenoxy) is 1. The van der Waals surface area contributed by atoms with Crippen molar-refractivity contribution in [3.05, 3.63) is 135 Å². The monoisotopic (exact) mass is 709 g/mol. The number of hydrogen-bond acceptors (Lipinski definition) is 7. The Morgan fingerprint density at radius 3 is 2.33 bits per heavy atom. The highest BCUT2D eigenvalue weighted by Gasteiger charge is 2.20. The van der Waals surface area contributed by atoms with Crippen molar-refractivity contribution < 1.29 is 9.29 Å². The summed E-state index contributed by atoms with van der Waals surface area (Å²) >= 11 is 11.4. The lowest BCUT2D eigenvalue weighted by Gasteiger charge is -2.29. The van der Waals surface area contributed by atoms with Gasteiger partial charge in [-0.25, -0.2) is 4.98 Å². The number of nitrogens with zero attached hydrogens (tertiary/aromatic N) is 4. The van der Waals surface area contributed by atoms with E-state index in [1.54, 1.807) is 35.0 Å². The van der Waals surface area contributed by atoms with Crippen molar-refractivity contribution in [2.75, 3.05) is 25.5 Å². The Balaban J connectivity index is 1.20. The van der Waals surface area contributed by atoms with Crippen LogP contribution >= 0.6 is 23.2 Å². The third kappa shape index (κ3) is 7.61. The Morgan fingerprint density at radius 1 is 0.898 bits per heavy atom. The fourth-order valence-electron chi connectivity index (χ4n) is 5.89. The average molecular weight is 711 g/mol. The van der Waals surface area contributed by atoms with Crippen LogP contribution in [0.25, 0.3) is 22.2 Å². The maximum absolute atomic E-state index is 14.2. The van der Waals surface area contributed by atoms with Gasteiger partial charge in [0, 0.05) is 57.7 Å². The molecule has 0 amide bonds. The summed E-state index contributed by atoms with van der Waals surface area (Å²) in [7, 11) is 2.13. The lowest BCUT2D eigenvalue weighted by Crippen LogP contribution is -2.35. The number of halogens is 2. The second kappa shape index (κ2) is 14.6. The van der Waals surface area contributed by atoms with Crippen molar-refractivity contribution in [2.24, 2.45) is 0 Å². The van der Waals surface area contributed by atoms with E-state index in [-0.39, 0.29) is 18.2 Å². The van der Waals surface area contributed by atoms with Crippen LogP contribution in [0, 0.1) is 0 Å². The normalized spacial score (nSPS) is 14.5. The van der Waals surface area contributed by atoms with Crippen molar-refractivity contribution in [2.45, 2.75) is 35.3 Å². The van der Waals surface area contributed by atoms with Crippen LogP contribution in [-0.2, 0) is 17.7 Å². The Kier molecular flexibility index (Phi) is 9.89. The topological polar surface area (TPSA) is 95.3 Å². The first-order valence-electron chi connectivity index (χ1n) is 15.9. The molecule has 1 N–H and O–H groups in total. The molecule has 3 heterocycles. The Labute approximate surface area is 297 Å². The third-order valence-electron chi connectivity index (χ3n) is 8.56. The van der Waals surface area contributed by atoms with E-state index in [0.29, 0.717) is 43.0 Å². The molecule has 0 bridgehead atoms. The molecule has 1 aliphatic heterocycles. The predicted molar refractivity (Wildman–Crippen MR) is 197 cm³/mol. The molecule has 4 aromatic carbocycles. The molecule has 11 heteroatoms. The minimum absolute atomic E-state index is 0.213. The summed E-state index contributed by atoms with van der Waals surface area (Å²) in [6.07, 6.45) is 3.92. The number of nitrogens with one attached hydrogen (secondary N) is 1. The van der Waals surface area contributed by atoms with Gasteiger partial charge in [0.1, 0.15) is 17.5 Å². The van der Waals surface area contributed by atoms with E-state index in [0.717, 1.165) is 47.8 Å². The van der Waals surface area contributed by atoms with Crippen molar-refractivity contribution >= 4 is 57.0 Å². The summed E-state index contributed by atoms with van der Waals surface area (Å²) in [4.78, 5) is 27.3. The summed E-state index contributed by atoms with van der Waals surface area (Å²) in [6, 6.07) is 31.3. The van der Waals surface area contributed by atoms with Gasteiger partial charge in [-0.1, -0.05) is 59.6 Å². The van der Waals surface area contributed by atoms with Gasteiger partial charge in [-0.3, -0.25) is 9.36 Å². The quantitative estimate of drug-likeness (QED) is 0.151. The first-order valence-corrected chi connectivity index (χ1v) is 17.9. The zero-order chi connectivity index (χ0) is 33.9. The fourth-order valence-corrected chi connectivity index (χ4v) is 7.46. The SMILES string of the molecule is CN1CCC(Oc2ccc(Nc3ncc4cc(-c5ccc(Cl)cc5Cl)c(=O)n(Cc5ccc([S+]([O-])c6ccccc6)cc5)c4n3)cc2)CC1. The van der Waals surface area contributed by atoms with Gasteiger partial charge in [0.15, 0.2) is 9.79 Å². The van der Waals surface area contributed by atoms with Crippen molar-refractivity contribution in [3.63, 3.8) is 0 Å². The molecule has 1 unspecified atom stereocenters. The molecule has 1 saturated heterocycles. The molecular weight excluding hydrogens is 677 g/mol. The number of fused-ring (bicyclic) bond motifs is 1. The standard InChI is InChI=1S/C38H33Cl2N5O3S/c1-44-19-17-30(18-20-44)48-29-12-10-28(11-13-29)42-38-41-23-26-21-34(33-16-9-27(39)22-35(33)40)37(46)45(36(26)43-38)24-25-7-14-32(15-8-25)49(47)31-5-3-2-4-6-31/h2-16,21-23,30H,17-20,24H2,1H3,(H,41,42,43). The number of aromatic nitrogens is 3. The fraction of sp³-hybridized carbons (Fsp3) is 0.184. The summed E-state index contributed by atoms with van der Waals surface area (Å²) in [5.74, 6) is 1.16. The summed E-state index contributed by atoms with van der Waals surface area (Å²) in [5.41, 5.74) is 2.77. The Hall–Kier alpha value is -4.38. The minimum Gasteiger partial charge on any atom is -0.606 e. The first kappa shape index (κ1) is 33.1. The maximum Gasteiger partial charge on any atom is 0.260 e. The van der Waals surface area contributed by atoms with Gasteiger partial charge in [-0.15, -0.1) is 0 Å². The molecule has 1 atom stereocenters. The highest BCUT2D eigenvalue weighted by atomic mass is 35.5. The van der Waals surface area contributed by atoms with E-state index >= 15 is 0 Å². The molecule has 0 saturated carbocycles. The molecule has 6 aromatic rings. The largest absolute Gasteiger partial charge is 0.606 e. The number of likely N-dealkylation sites (tertiary alicyclic amines) is 1. The molecule has 0 spiro atoms. The van der Waals surface area contributed by atoms with Gasteiger partial charge in [0.05, 0.1) is 11.6 Å². The van der Waals surface area contributed by atoms with E-state index in [1.165, 1.54) is 0 Å². The molecule has 0 aliphatic carbocycles. The molecule has 7 rings (SSSR count). The van der Waals surface area contributed by atoms with Gasteiger partial charge in [0.2, 0.25) is 5.95 Å². The average Bonchev–Trinajstić information content (AvgIpc) is 3.12. The van der Waals surface area contributed by atoms with Gasteiger partial charge in [-0.05, 0) is 92.2 Å². The minimum atomic E-state index is -1.32. The Morgan fingerprint density at radius 2 is 1.61 bits per heavy atom. The second-order valence-electron chi connectivity index (χ2n) is 12.0. The van der Waals surface area contributed by atoms with Crippen molar-refractivity contribution in [3.8, 4) is 16.9 Å². The Bertz CT molecular complexity index is 2140. The molecule has 2 aromatic heterocycles. The van der Waals surface area contributed by atoms with Crippen LogP contribution in [0.5, 0.6) is 5.75 Å². The van der Waals surface area contributed by atoms with Gasteiger partial charge in [0.25, 0.3) is 5.56 Å². The lowest BCUT2D eigenvalue weighted by molar-refractivity contribution is 0.114. The smallest absolute Gasteiger partial charge is 0.260 e. The molecule has 8 nitrogen and oxygen atoms in total. The van der Waals surface area contributed by atoms with Crippen molar-refractivity contribution in [1.82, 2.24) is 19.4 Å². The summed E-state index contributed by atoms with van der Waals surface area (Å²) < 4.78 is 20.9. The van der Waals surface area contributed by atoms with E-state index in [4.69, 9.17) is 32.9 Å². The van der Waals surface area contributed by atoms with Crippen LogP contribution in [-0.4, -0.2) is 50.2 Å². The number of piperidine rings is 1. The van der Waals surface area contributed by atoms with Crippen LogP contribution < -0.4 is 15.6 Å². The number of benzene rings is 4. The van der Waals surface area contributed by atoms with Crippen LogP contribution in [0.2, 0.25) is 10.0 Å². The number of anilines is 2. The first-order chi connectivity index (χ1) is 23.8. The maximum atomic E-state index is 14.2. The number of rotatable bonds is 9. The van der Waals surface area contributed by atoms with Crippen LogP contribution in [0.1, 0.15) is 18.4 Å². The number of hydrogen-bond donors (Lipinski definition) is 1. The van der Waals surface area contributed by atoms with Gasteiger partial charge < -0.3 is 19.5 Å².